The highest BCUT2D eigenvalue weighted by atomic mass is 19.1. The fourth-order valence-corrected chi connectivity index (χ4v) is 0.392. The minimum Gasteiger partial charge on any atom is -0.550 e. The molecular formula is C5H7FNO3-. The summed E-state index contributed by atoms with van der Waals surface area (Å²) in [5, 5.41) is 9.76. The summed E-state index contributed by atoms with van der Waals surface area (Å²) in [6, 6.07) is -1.27. The number of Topliss-reactive ketones (excluding diaryl/α,β-unsaturated/α-hetero) is 1. The second-order valence-corrected chi connectivity index (χ2v) is 1.78. The van der Waals surface area contributed by atoms with Gasteiger partial charge < -0.3 is 15.6 Å². The Hall–Kier alpha value is -0.970. The van der Waals surface area contributed by atoms with Crippen molar-refractivity contribution in [1.82, 2.24) is 0 Å². The van der Waals surface area contributed by atoms with Crippen molar-refractivity contribution in [3.63, 3.8) is 0 Å². The monoisotopic (exact) mass is 148 g/mol. The summed E-state index contributed by atoms with van der Waals surface area (Å²) in [6.07, 6.45) is -0.622. The first-order valence-corrected chi connectivity index (χ1v) is 2.62. The van der Waals surface area contributed by atoms with Crippen molar-refractivity contribution >= 4 is 11.8 Å². The van der Waals surface area contributed by atoms with Crippen molar-refractivity contribution < 1.29 is 19.1 Å². The number of halogens is 1. The lowest BCUT2D eigenvalue weighted by Crippen LogP contribution is -2.38. The van der Waals surface area contributed by atoms with Crippen molar-refractivity contribution in [2.45, 2.75) is 12.5 Å². The van der Waals surface area contributed by atoms with E-state index in [1.807, 2.05) is 0 Å². The van der Waals surface area contributed by atoms with Gasteiger partial charge in [-0.15, -0.1) is 0 Å². The summed E-state index contributed by atoms with van der Waals surface area (Å²) in [6.45, 7) is -1.23. The Balaban J connectivity index is 3.72. The Labute approximate surface area is 56.8 Å². The molecule has 0 bridgehead atoms. The number of carboxylic acid groups (broad SMARTS) is 1. The second-order valence-electron chi connectivity index (χ2n) is 1.78. The van der Waals surface area contributed by atoms with Crippen LogP contribution in [0.2, 0.25) is 0 Å². The maximum Gasteiger partial charge on any atom is 0.180 e. The van der Waals surface area contributed by atoms with E-state index in [0.29, 0.717) is 0 Å². The molecule has 0 saturated heterocycles. The third-order valence-electron chi connectivity index (χ3n) is 0.932. The summed E-state index contributed by atoms with van der Waals surface area (Å²) in [4.78, 5) is 20.0. The topological polar surface area (TPSA) is 83.2 Å². The average molecular weight is 148 g/mol. The van der Waals surface area contributed by atoms with Crippen molar-refractivity contribution in [1.29, 1.82) is 0 Å². The van der Waals surface area contributed by atoms with Crippen LogP contribution in [-0.4, -0.2) is 24.5 Å². The molecule has 58 valence electrons. The van der Waals surface area contributed by atoms with Gasteiger partial charge in [0.2, 0.25) is 0 Å². The van der Waals surface area contributed by atoms with Crippen LogP contribution < -0.4 is 10.8 Å². The van der Waals surface area contributed by atoms with Gasteiger partial charge in [0.05, 0.1) is 6.04 Å². The van der Waals surface area contributed by atoms with E-state index < -0.39 is 30.9 Å². The van der Waals surface area contributed by atoms with E-state index in [-0.39, 0.29) is 0 Å². The normalized spacial score (nSPS) is 12.6. The van der Waals surface area contributed by atoms with Crippen molar-refractivity contribution in [2.24, 2.45) is 5.73 Å². The Kier molecular flexibility index (Phi) is 3.56. The lowest BCUT2D eigenvalue weighted by molar-refractivity contribution is -0.305. The molecule has 0 saturated carbocycles. The fraction of sp³-hybridized carbons (Fsp3) is 0.600. The van der Waals surface area contributed by atoms with Crippen molar-refractivity contribution in [3.05, 3.63) is 0 Å². The number of alkyl halides is 1. The lowest BCUT2D eigenvalue weighted by atomic mass is 10.1. The summed E-state index contributed by atoms with van der Waals surface area (Å²) >= 11 is 0. The Morgan fingerprint density at radius 1 is 1.60 bits per heavy atom. The van der Waals surface area contributed by atoms with Crippen LogP contribution in [0, 0.1) is 0 Å². The maximum atomic E-state index is 11.4. The molecule has 5 heteroatoms. The minimum absolute atomic E-state index is 0.622. The molecule has 0 spiro atoms. The summed E-state index contributed by atoms with van der Waals surface area (Å²) in [7, 11) is 0. The van der Waals surface area contributed by atoms with E-state index in [4.69, 9.17) is 5.73 Å². The first-order chi connectivity index (χ1) is 4.57. The van der Waals surface area contributed by atoms with Crippen LogP contribution in [0.15, 0.2) is 0 Å². The van der Waals surface area contributed by atoms with Gasteiger partial charge in [0.25, 0.3) is 0 Å². The number of aliphatic carboxylic acids is 1. The zero-order valence-corrected chi connectivity index (χ0v) is 5.17. The number of rotatable bonds is 4. The van der Waals surface area contributed by atoms with Gasteiger partial charge in [-0.3, -0.25) is 4.79 Å². The van der Waals surface area contributed by atoms with Crippen LogP contribution in [0.4, 0.5) is 4.39 Å². The van der Waals surface area contributed by atoms with Crippen molar-refractivity contribution in [3.8, 4) is 0 Å². The van der Waals surface area contributed by atoms with Crippen LogP contribution in [0.25, 0.3) is 0 Å². The third kappa shape index (κ3) is 3.13. The molecule has 0 aromatic heterocycles. The SMILES string of the molecule is NC(CC(=O)[O-])C(=O)CF. The zero-order chi connectivity index (χ0) is 8.15. The number of nitrogens with two attached hydrogens (primary N) is 1. The highest BCUT2D eigenvalue weighted by molar-refractivity contribution is 5.88. The van der Waals surface area contributed by atoms with Gasteiger partial charge in [0.1, 0.15) is 6.67 Å². The Bertz CT molecular complexity index is 148. The quantitative estimate of drug-likeness (QED) is 0.499. The molecular weight excluding hydrogens is 141 g/mol. The molecule has 10 heavy (non-hydrogen) atoms. The predicted molar refractivity (Wildman–Crippen MR) is 28.6 cm³/mol. The molecule has 4 nitrogen and oxygen atoms in total. The first-order valence-electron chi connectivity index (χ1n) is 2.62. The zero-order valence-electron chi connectivity index (χ0n) is 5.17. The second kappa shape index (κ2) is 3.94. The summed E-state index contributed by atoms with van der Waals surface area (Å²) in [5.74, 6) is -2.36. The third-order valence-corrected chi connectivity index (χ3v) is 0.932. The van der Waals surface area contributed by atoms with Gasteiger partial charge in [-0.1, -0.05) is 0 Å². The van der Waals surface area contributed by atoms with Gasteiger partial charge >= 0.3 is 0 Å². The van der Waals surface area contributed by atoms with E-state index in [0.717, 1.165) is 0 Å². The van der Waals surface area contributed by atoms with E-state index in [9.17, 15) is 19.1 Å². The Morgan fingerprint density at radius 2 is 2.10 bits per heavy atom. The van der Waals surface area contributed by atoms with E-state index >= 15 is 0 Å². The van der Waals surface area contributed by atoms with Crippen LogP contribution in [0.1, 0.15) is 6.42 Å². The fourth-order valence-electron chi connectivity index (χ4n) is 0.392. The molecule has 2 N–H and O–H groups in total. The van der Waals surface area contributed by atoms with Gasteiger partial charge in [-0.25, -0.2) is 4.39 Å². The van der Waals surface area contributed by atoms with Gasteiger partial charge in [0, 0.05) is 12.4 Å². The molecule has 0 fully saturated rings. The molecule has 1 unspecified atom stereocenters. The highest BCUT2D eigenvalue weighted by Crippen LogP contribution is 1.88. The number of carboxylic acids is 1. The van der Waals surface area contributed by atoms with Crippen LogP contribution in [0.5, 0.6) is 0 Å². The molecule has 0 aromatic rings. The molecule has 0 radical (unpaired) electrons. The number of carbonyl (C=O) groups is 2. The molecule has 0 aromatic carbocycles. The standard InChI is InChI=1S/C5H8FNO3/c6-2-4(8)3(7)1-5(9)10/h3H,1-2,7H2,(H,9,10)/p-1. The highest BCUT2D eigenvalue weighted by Gasteiger charge is 2.12. The van der Waals surface area contributed by atoms with Crippen LogP contribution in [-0.2, 0) is 9.59 Å². The van der Waals surface area contributed by atoms with Gasteiger partial charge in [0.15, 0.2) is 5.78 Å². The molecule has 0 amide bonds. The molecule has 1 atom stereocenters. The summed E-state index contributed by atoms with van der Waals surface area (Å²) in [5.41, 5.74) is 4.92. The molecule has 0 rings (SSSR count). The number of hydrogen-bond acceptors (Lipinski definition) is 4. The number of ketones is 1. The number of carbonyl (C=O) groups excluding carboxylic acids is 2. The molecule has 0 aliphatic heterocycles. The molecule has 0 heterocycles. The largest absolute Gasteiger partial charge is 0.550 e. The molecule has 0 aliphatic carbocycles. The lowest BCUT2D eigenvalue weighted by Gasteiger charge is -2.07. The van der Waals surface area contributed by atoms with Crippen LogP contribution >= 0.6 is 0 Å². The smallest absolute Gasteiger partial charge is 0.180 e. The van der Waals surface area contributed by atoms with Gasteiger partial charge in [-0.05, 0) is 0 Å². The minimum atomic E-state index is -1.45. The average Bonchev–Trinajstić information content (AvgIpc) is 1.85. The van der Waals surface area contributed by atoms with E-state index in [1.54, 1.807) is 0 Å². The first kappa shape index (κ1) is 9.03. The van der Waals surface area contributed by atoms with Crippen LogP contribution in [0.3, 0.4) is 0 Å². The predicted octanol–water partition coefficient (Wildman–Crippen LogP) is -2.01. The Morgan fingerprint density at radius 3 is 2.40 bits per heavy atom. The summed E-state index contributed by atoms with van der Waals surface area (Å²) < 4.78 is 11.4. The molecule has 0 aliphatic rings. The van der Waals surface area contributed by atoms with Gasteiger partial charge in [-0.2, -0.15) is 0 Å². The maximum absolute atomic E-state index is 11.4. The van der Waals surface area contributed by atoms with Crippen molar-refractivity contribution in [2.75, 3.05) is 6.67 Å². The number of hydrogen-bond donors (Lipinski definition) is 1. The van der Waals surface area contributed by atoms with E-state index in [2.05, 4.69) is 0 Å². The van der Waals surface area contributed by atoms with E-state index in [1.165, 1.54) is 0 Å².